The molecule has 0 aliphatic carbocycles. The lowest BCUT2D eigenvalue weighted by molar-refractivity contribution is -0.151. The Morgan fingerprint density at radius 1 is 1.56 bits per heavy atom. The summed E-state index contributed by atoms with van der Waals surface area (Å²) < 4.78 is 10.6. The molecule has 0 aliphatic heterocycles. The number of furan rings is 1. The van der Waals surface area contributed by atoms with E-state index in [2.05, 4.69) is 20.7 Å². The minimum atomic E-state index is -1.38. The Morgan fingerprint density at radius 2 is 2.31 bits per heavy atom. The molecule has 0 saturated carbocycles. The summed E-state index contributed by atoms with van der Waals surface area (Å²) in [6, 6.07) is 7.11. The molecule has 5 heteroatoms. The quantitative estimate of drug-likeness (QED) is 0.861. The summed E-state index contributed by atoms with van der Waals surface area (Å²) >= 11 is 3.32. The average molecular weight is 285 g/mol. The Morgan fingerprint density at radius 3 is 2.94 bits per heavy atom. The highest BCUT2D eigenvalue weighted by molar-refractivity contribution is 9.10. The van der Waals surface area contributed by atoms with E-state index >= 15 is 0 Å². The number of para-hydroxylation sites is 1. The lowest BCUT2D eigenvalue weighted by Crippen LogP contribution is -2.12. The minimum Gasteiger partial charge on any atom is -0.467 e. The number of esters is 1. The van der Waals surface area contributed by atoms with Gasteiger partial charge in [0.05, 0.1) is 11.6 Å². The summed E-state index contributed by atoms with van der Waals surface area (Å²) in [6.45, 7) is 0. The minimum absolute atomic E-state index is 0.175. The Kier molecular flexibility index (Phi) is 2.98. The molecule has 0 saturated heterocycles. The molecule has 1 aromatic carbocycles. The van der Waals surface area contributed by atoms with Gasteiger partial charge in [0.1, 0.15) is 11.3 Å². The van der Waals surface area contributed by atoms with Crippen molar-refractivity contribution in [3.8, 4) is 0 Å². The highest BCUT2D eigenvalue weighted by Gasteiger charge is 2.22. The molecule has 2 aromatic rings. The first kappa shape index (κ1) is 11.2. The SMILES string of the molecule is COC(=O)C(O)c1cc2cccc(Br)c2o1. The van der Waals surface area contributed by atoms with Crippen LogP contribution in [0, 0.1) is 0 Å². The Hall–Kier alpha value is -1.33. The number of aliphatic hydroxyl groups is 1. The predicted molar refractivity (Wildman–Crippen MR) is 60.9 cm³/mol. The molecule has 84 valence electrons. The summed E-state index contributed by atoms with van der Waals surface area (Å²) in [6.07, 6.45) is -1.38. The van der Waals surface area contributed by atoms with Crippen molar-refractivity contribution in [2.24, 2.45) is 0 Å². The van der Waals surface area contributed by atoms with Crippen molar-refractivity contribution in [3.63, 3.8) is 0 Å². The van der Waals surface area contributed by atoms with Crippen molar-refractivity contribution in [2.75, 3.05) is 7.11 Å². The fraction of sp³-hybridized carbons (Fsp3) is 0.182. The van der Waals surface area contributed by atoms with Gasteiger partial charge in [-0.2, -0.15) is 0 Å². The highest BCUT2D eigenvalue weighted by Crippen LogP contribution is 2.29. The lowest BCUT2D eigenvalue weighted by atomic mass is 10.2. The number of ether oxygens (including phenoxy) is 1. The van der Waals surface area contributed by atoms with Crippen LogP contribution in [0.25, 0.3) is 11.0 Å². The van der Waals surface area contributed by atoms with E-state index in [4.69, 9.17) is 4.42 Å². The molecule has 1 N–H and O–H groups in total. The largest absolute Gasteiger partial charge is 0.467 e. The van der Waals surface area contributed by atoms with E-state index in [-0.39, 0.29) is 5.76 Å². The smallest absolute Gasteiger partial charge is 0.342 e. The van der Waals surface area contributed by atoms with Gasteiger partial charge in [-0.1, -0.05) is 12.1 Å². The second-order valence-corrected chi connectivity index (χ2v) is 4.09. The molecule has 2 rings (SSSR count). The molecule has 4 nitrogen and oxygen atoms in total. The number of benzene rings is 1. The van der Waals surface area contributed by atoms with E-state index in [0.717, 1.165) is 9.86 Å². The van der Waals surface area contributed by atoms with Gasteiger partial charge in [-0.15, -0.1) is 0 Å². The number of rotatable bonds is 2. The van der Waals surface area contributed by atoms with Crippen molar-refractivity contribution >= 4 is 32.9 Å². The monoisotopic (exact) mass is 284 g/mol. The lowest BCUT2D eigenvalue weighted by Gasteiger charge is -2.03. The molecule has 1 unspecified atom stereocenters. The number of hydrogen-bond donors (Lipinski definition) is 1. The standard InChI is InChI=1S/C11H9BrO4/c1-15-11(14)9(13)8-5-6-3-2-4-7(12)10(6)16-8/h2-5,9,13H,1H3. The Labute approximate surface area is 99.9 Å². The van der Waals surface area contributed by atoms with Crippen molar-refractivity contribution in [3.05, 3.63) is 34.5 Å². The second-order valence-electron chi connectivity index (χ2n) is 3.23. The van der Waals surface area contributed by atoms with Crippen molar-refractivity contribution in [2.45, 2.75) is 6.10 Å². The topological polar surface area (TPSA) is 59.7 Å². The van der Waals surface area contributed by atoms with Gasteiger partial charge in [0, 0.05) is 5.39 Å². The molecular weight excluding hydrogens is 276 g/mol. The first-order chi connectivity index (χ1) is 7.63. The fourth-order valence-electron chi connectivity index (χ4n) is 1.41. The van der Waals surface area contributed by atoms with Crippen LogP contribution in [-0.2, 0) is 9.53 Å². The Balaban J connectivity index is 2.47. The number of hydrogen-bond acceptors (Lipinski definition) is 4. The van der Waals surface area contributed by atoms with Gasteiger partial charge in [-0.05, 0) is 28.1 Å². The van der Waals surface area contributed by atoms with Gasteiger partial charge in [0.25, 0.3) is 0 Å². The average Bonchev–Trinajstić information content (AvgIpc) is 2.72. The van der Waals surface area contributed by atoms with E-state index in [1.807, 2.05) is 18.2 Å². The summed E-state index contributed by atoms with van der Waals surface area (Å²) in [5.74, 6) is -0.566. The van der Waals surface area contributed by atoms with E-state index in [1.165, 1.54) is 7.11 Å². The van der Waals surface area contributed by atoms with Gasteiger partial charge in [-0.25, -0.2) is 4.79 Å². The molecule has 16 heavy (non-hydrogen) atoms. The third kappa shape index (κ3) is 1.83. The van der Waals surface area contributed by atoms with Crippen molar-refractivity contribution in [1.82, 2.24) is 0 Å². The molecule has 1 heterocycles. The number of carbonyl (C=O) groups excluding carboxylic acids is 1. The van der Waals surface area contributed by atoms with E-state index in [9.17, 15) is 9.90 Å². The molecule has 1 aromatic heterocycles. The van der Waals surface area contributed by atoms with Crippen LogP contribution in [0.4, 0.5) is 0 Å². The van der Waals surface area contributed by atoms with Crippen molar-refractivity contribution in [1.29, 1.82) is 0 Å². The number of aliphatic hydroxyl groups excluding tert-OH is 1. The zero-order valence-corrected chi connectivity index (χ0v) is 10.0. The highest BCUT2D eigenvalue weighted by atomic mass is 79.9. The molecule has 1 atom stereocenters. The van der Waals surface area contributed by atoms with E-state index in [1.54, 1.807) is 6.07 Å². The fourth-order valence-corrected chi connectivity index (χ4v) is 1.87. The number of methoxy groups -OCH3 is 1. The maximum absolute atomic E-state index is 11.1. The molecule has 0 aliphatic rings. The normalized spacial score (nSPS) is 12.7. The molecule has 0 bridgehead atoms. The third-order valence-electron chi connectivity index (χ3n) is 2.21. The molecular formula is C11H9BrO4. The van der Waals surface area contributed by atoms with Gasteiger partial charge in [0.15, 0.2) is 0 Å². The summed E-state index contributed by atoms with van der Waals surface area (Å²) in [5.41, 5.74) is 0.598. The van der Waals surface area contributed by atoms with Gasteiger partial charge in [-0.3, -0.25) is 0 Å². The van der Waals surface area contributed by atoms with Crippen LogP contribution in [0.1, 0.15) is 11.9 Å². The number of halogens is 1. The van der Waals surface area contributed by atoms with Crippen LogP contribution < -0.4 is 0 Å². The summed E-state index contributed by atoms with van der Waals surface area (Å²) in [4.78, 5) is 11.1. The van der Waals surface area contributed by atoms with E-state index < -0.39 is 12.1 Å². The van der Waals surface area contributed by atoms with Gasteiger partial charge in [0.2, 0.25) is 6.10 Å². The summed E-state index contributed by atoms with van der Waals surface area (Å²) in [5, 5.41) is 10.4. The van der Waals surface area contributed by atoms with Crippen LogP contribution >= 0.6 is 15.9 Å². The maximum atomic E-state index is 11.1. The zero-order valence-electron chi connectivity index (χ0n) is 8.44. The predicted octanol–water partition coefficient (Wildman–Crippen LogP) is 2.40. The Bertz CT molecular complexity index is 532. The number of fused-ring (bicyclic) bond motifs is 1. The van der Waals surface area contributed by atoms with Crippen molar-refractivity contribution < 1.29 is 19.1 Å². The molecule has 0 radical (unpaired) electrons. The van der Waals surface area contributed by atoms with Crippen LogP contribution in [0.5, 0.6) is 0 Å². The van der Waals surface area contributed by atoms with Crippen LogP contribution in [0.3, 0.4) is 0 Å². The van der Waals surface area contributed by atoms with Crippen LogP contribution in [-0.4, -0.2) is 18.2 Å². The first-order valence-electron chi connectivity index (χ1n) is 4.57. The molecule has 0 fully saturated rings. The van der Waals surface area contributed by atoms with Gasteiger partial charge >= 0.3 is 5.97 Å². The van der Waals surface area contributed by atoms with Gasteiger partial charge < -0.3 is 14.3 Å². The number of carbonyl (C=O) groups is 1. The third-order valence-corrected chi connectivity index (χ3v) is 2.83. The second kappa shape index (κ2) is 4.27. The van der Waals surface area contributed by atoms with E-state index in [0.29, 0.717) is 5.58 Å². The first-order valence-corrected chi connectivity index (χ1v) is 5.36. The van der Waals surface area contributed by atoms with Crippen LogP contribution in [0.2, 0.25) is 0 Å². The molecule has 0 amide bonds. The summed E-state index contributed by atoms with van der Waals surface area (Å²) in [7, 11) is 1.21. The zero-order chi connectivity index (χ0) is 11.7. The molecule has 0 spiro atoms. The maximum Gasteiger partial charge on any atom is 0.342 e. The van der Waals surface area contributed by atoms with Crippen LogP contribution in [0.15, 0.2) is 33.2 Å².